The number of rotatable bonds is 5. The van der Waals surface area contributed by atoms with Crippen LogP contribution in [0.4, 0.5) is 0 Å². The van der Waals surface area contributed by atoms with Crippen LogP contribution in [-0.2, 0) is 6.54 Å². The Labute approximate surface area is 132 Å². The van der Waals surface area contributed by atoms with Gasteiger partial charge < -0.3 is 10.5 Å². The van der Waals surface area contributed by atoms with Crippen LogP contribution in [0.3, 0.4) is 0 Å². The number of nitrogens with two attached hydrogens (primary N) is 1. The molecule has 108 valence electrons. The summed E-state index contributed by atoms with van der Waals surface area (Å²) < 4.78 is 8.10. The van der Waals surface area contributed by atoms with Gasteiger partial charge in [-0.05, 0) is 40.0 Å². The van der Waals surface area contributed by atoms with Gasteiger partial charge in [0, 0.05) is 11.0 Å². The Bertz CT molecular complexity index is 600. The van der Waals surface area contributed by atoms with Crippen molar-refractivity contribution in [2.45, 2.75) is 25.9 Å². The number of nitrogens with zero attached hydrogens (tertiary/aromatic N) is 2. The molecule has 2 aromatic rings. The molecule has 1 aromatic carbocycles. The predicted octanol–water partition coefficient (Wildman–Crippen LogP) is 3.77. The van der Waals surface area contributed by atoms with Gasteiger partial charge in [0.25, 0.3) is 0 Å². The summed E-state index contributed by atoms with van der Waals surface area (Å²) in [6.45, 7) is 2.90. The smallest absolute Gasteiger partial charge is 0.161 e. The van der Waals surface area contributed by atoms with Gasteiger partial charge in [-0.3, -0.25) is 4.68 Å². The van der Waals surface area contributed by atoms with Crippen LogP contribution < -0.4 is 10.5 Å². The molecule has 4 nitrogen and oxygen atoms in total. The SMILES string of the molecule is CCCn1ncc(OC)c1C(N)c1ccc(Br)c(Cl)c1. The van der Waals surface area contributed by atoms with Gasteiger partial charge >= 0.3 is 0 Å². The topological polar surface area (TPSA) is 53.1 Å². The molecule has 0 fully saturated rings. The molecule has 1 atom stereocenters. The first-order valence-electron chi connectivity index (χ1n) is 6.38. The first-order chi connectivity index (χ1) is 9.58. The molecule has 20 heavy (non-hydrogen) atoms. The van der Waals surface area contributed by atoms with Crippen molar-refractivity contribution in [3.63, 3.8) is 0 Å². The van der Waals surface area contributed by atoms with E-state index in [9.17, 15) is 0 Å². The Morgan fingerprint density at radius 3 is 2.85 bits per heavy atom. The highest BCUT2D eigenvalue weighted by Crippen LogP contribution is 2.31. The van der Waals surface area contributed by atoms with Gasteiger partial charge in [0.1, 0.15) is 5.69 Å². The zero-order chi connectivity index (χ0) is 14.7. The van der Waals surface area contributed by atoms with Gasteiger partial charge in [-0.2, -0.15) is 5.10 Å². The Morgan fingerprint density at radius 1 is 1.50 bits per heavy atom. The lowest BCUT2D eigenvalue weighted by molar-refractivity contribution is 0.404. The highest BCUT2D eigenvalue weighted by molar-refractivity contribution is 9.10. The third kappa shape index (κ3) is 3.00. The molecule has 0 aliphatic heterocycles. The minimum Gasteiger partial charge on any atom is -0.493 e. The highest BCUT2D eigenvalue weighted by Gasteiger charge is 2.20. The highest BCUT2D eigenvalue weighted by atomic mass is 79.9. The molecule has 0 saturated heterocycles. The zero-order valence-corrected chi connectivity index (χ0v) is 13.8. The molecule has 2 N–H and O–H groups in total. The van der Waals surface area contributed by atoms with E-state index >= 15 is 0 Å². The summed E-state index contributed by atoms with van der Waals surface area (Å²) in [7, 11) is 1.62. The second-order valence-corrected chi connectivity index (χ2v) is 5.73. The quantitative estimate of drug-likeness (QED) is 0.885. The maximum atomic E-state index is 6.37. The lowest BCUT2D eigenvalue weighted by Gasteiger charge is -2.16. The fourth-order valence-electron chi connectivity index (χ4n) is 2.10. The van der Waals surface area contributed by atoms with Crippen molar-refractivity contribution < 1.29 is 4.74 Å². The average molecular weight is 359 g/mol. The van der Waals surface area contributed by atoms with Crippen LogP contribution in [0.5, 0.6) is 5.75 Å². The van der Waals surface area contributed by atoms with Crippen LogP contribution in [0.15, 0.2) is 28.9 Å². The van der Waals surface area contributed by atoms with Crippen LogP contribution in [-0.4, -0.2) is 16.9 Å². The molecule has 1 unspecified atom stereocenters. The number of halogens is 2. The number of benzene rings is 1. The maximum absolute atomic E-state index is 6.37. The minimum atomic E-state index is -0.329. The van der Waals surface area contributed by atoms with Crippen molar-refractivity contribution in [2.24, 2.45) is 5.73 Å². The van der Waals surface area contributed by atoms with Crippen molar-refractivity contribution in [3.05, 3.63) is 45.1 Å². The monoisotopic (exact) mass is 357 g/mol. The number of aryl methyl sites for hydroxylation is 1. The molecule has 0 radical (unpaired) electrons. The Kier molecular flexibility index (Phi) is 5.07. The summed E-state index contributed by atoms with van der Waals surface area (Å²) in [5, 5.41) is 4.97. The van der Waals surface area contributed by atoms with Crippen molar-refractivity contribution >= 4 is 27.5 Å². The fraction of sp³-hybridized carbons (Fsp3) is 0.357. The van der Waals surface area contributed by atoms with Crippen LogP contribution in [0.25, 0.3) is 0 Å². The summed E-state index contributed by atoms with van der Waals surface area (Å²) in [5.41, 5.74) is 8.17. The van der Waals surface area contributed by atoms with E-state index in [-0.39, 0.29) is 6.04 Å². The Hall–Kier alpha value is -1.04. The Morgan fingerprint density at radius 2 is 2.25 bits per heavy atom. The number of methoxy groups -OCH3 is 1. The molecule has 0 bridgehead atoms. The second-order valence-electron chi connectivity index (χ2n) is 4.47. The lowest BCUT2D eigenvalue weighted by atomic mass is 10.0. The van der Waals surface area contributed by atoms with E-state index in [2.05, 4.69) is 28.0 Å². The molecule has 0 amide bonds. The molecule has 1 heterocycles. The normalized spacial score (nSPS) is 12.4. The number of aromatic nitrogens is 2. The van der Waals surface area contributed by atoms with Crippen LogP contribution in [0.2, 0.25) is 5.02 Å². The van der Waals surface area contributed by atoms with E-state index in [1.54, 1.807) is 13.3 Å². The van der Waals surface area contributed by atoms with Crippen LogP contribution in [0.1, 0.15) is 30.6 Å². The lowest BCUT2D eigenvalue weighted by Crippen LogP contribution is -2.18. The van der Waals surface area contributed by atoms with Crippen molar-refractivity contribution in [1.82, 2.24) is 9.78 Å². The zero-order valence-electron chi connectivity index (χ0n) is 11.4. The standard InChI is InChI=1S/C14H17BrClN3O/c1-3-6-19-14(12(20-2)8-18-19)13(17)9-4-5-10(15)11(16)7-9/h4-5,7-8,13H,3,6,17H2,1-2H3. The summed E-state index contributed by atoms with van der Waals surface area (Å²) in [6.07, 6.45) is 2.68. The van der Waals surface area contributed by atoms with Gasteiger partial charge in [-0.15, -0.1) is 0 Å². The summed E-state index contributed by atoms with van der Waals surface area (Å²) >= 11 is 9.52. The molecular formula is C14H17BrClN3O. The van der Waals surface area contributed by atoms with Crippen molar-refractivity contribution in [1.29, 1.82) is 0 Å². The maximum Gasteiger partial charge on any atom is 0.161 e. The minimum absolute atomic E-state index is 0.329. The van der Waals surface area contributed by atoms with E-state index in [4.69, 9.17) is 22.1 Å². The molecule has 0 spiro atoms. The van der Waals surface area contributed by atoms with Gasteiger partial charge in [-0.1, -0.05) is 24.6 Å². The number of ether oxygens (including phenoxy) is 1. The number of hydrogen-bond donors (Lipinski definition) is 1. The largest absolute Gasteiger partial charge is 0.493 e. The van der Waals surface area contributed by atoms with Crippen LogP contribution in [0, 0.1) is 0 Å². The third-order valence-corrected chi connectivity index (χ3v) is 4.33. The van der Waals surface area contributed by atoms with E-state index in [1.165, 1.54) is 0 Å². The summed E-state index contributed by atoms with van der Waals surface area (Å²) in [6, 6.07) is 5.37. The summed E-state index contributed by atoms with van der Waals surface area (Å²) in [5.74, 6) is 0.699. The van der Waals surface area contributed by atoms with Crippen molar-refractivity contribution in [3.8, 4) is 5.75 Å². The third-order valence-electron chi connectivity index (χ3n) is 3.10. The molecule has 0 aliphatic carbocycles. The van der Waals surface area contributed by atoms with Gasteiger partial charge in [-0.25, -0.2) is 0 Å². The number of hydrogen-bond acceptors (Lipinski definition) is 3. The molecule has 2 rings (SSSR count). The first kappa shape index (κ1) is 15.4. The van der Waals surface area contributed by atoms with Gasteiger partial charge in [0.05, 0.1) is 24.4 Å². The second kappa shape index (κ2) is 6.61. The first-order valence-corrected chi connectivity index (χ1v) is 7.55. The molecule has 0 aliphatic rings. The molecular weight excluding hydrogens is 342 g/mol. The molecule has 1 aromatic heterocycles. The Balaban J connectivity index is 2.43. The van der Waals surface area contributed by atoms with E-state index in [1.807, 2.05) is 22.9 Å². The summed E-state index contributed by atoms with van der Waals surface area (Å²) in [4.78, 5) is 0. The van der Waals surface area contributed by atoms with Gasteiger partial charge in [0.15, 0.2) is 5.75 Å². The van der Waals surface area contributed by atoms with E-state index < -0.39 is 0 Å². The molecule has 6 heteroatoms. The van der Waals surface area contributed by atoms with Crippen LogP contribution >= 0.6 is 27.5 Å². The molecule has 0 saturated carbocycles. The van der Waals surface area contributed by atoms with Crippen molar-refractivity contribution in [2.75, 3.05) is 7.11 Å². The van der Waals surface area contributed by atoms with Gasteiger partial charge in [0.2, 0.25) is 0 Å². The fourth-order valence-corrected chi connectivity index (χ4v) is 2.54. The van der Waals surface area contributed by atoms with E-state index in [0.717, 1.165) is 28.7 Å². The van der Waals surface area contributed by atoms with E-state index in [0.29, 0.717) is 10.8 Å². The predicted molar refractivity (Wildman–Crippen MR) is 84.3 cm³/mol. The average Bonchev–Trinajstić information content (AvgIpc) is 2.84.